The lowest BCUT2D eigenvalue weighted by atomic mass is 10.0. The van der Waals surface area contributed by atoms with Gasteiger partial charge in [-0.2, -0.15) is 0 Å². The van der Waals surface area contributed by atoms with Gasteiger partial charge in [0.2, 0.25) is 5.91 Å². The maximum absolute atomic E-state index is 12.0. The van der Waals surface area contributed by atoms with Crippen LogP contribution in [0.3, 0.4) is 0 Å². The molecule has 0 saturated carbocycles. The van der Waals surface area contributed by atoms with Gasteiger partial charge in [0.1, 0.15) is 12.7 Å². The average Bonchev–Trinajstić information content (AvgIpc) is 3.04. The van der Waals surface area contributed by atoms with E-state index in [-0.39, 0.29) is 32.1 Å². The molecule has 0 spiro atoms. The van der Waals surface area contributed by atoms with E-state index in [1.807, 2.05) is 0 Å². The standard InChI is InChI=1S/C36H70NO8P/c1-3-5-7-9-11-13-15-17-19-21-23-25-27-29-36(40)43-32-34(38)33-45-46(41,42)44-31-30-37-35(39)28-26-24-22-20-18-16-14-12-10-8-6-4-2/h12,14,34,38H,3-11,13,15-33H2,1-2H3,(H,37,39)(H,41,42)/b14-12-. The smallest absolute Gasteiger partial charge is 0.463 e. The zero-order valence-electron chi connectivity index (χ0n) is 29.5. The van der Waals surface area contributed by atoms with Crippen molar-refractivity contribution in [2.75, 3.05) is 26.4 Å². The number of hydrogen-bond acceptors (Lipinski definition) is 7. The second kappa shape index (κ2) is 33.6. The summed E-state index contributed by atoms with van der Waals surface area (Å²) in [6.45, 7) is 3.51. The first-order chi connectivity index (χ1) is 22.3. The van der Waals surface area contributed by atoms with Crippen molar-refractivity contribution in [2.24, 2.45) is 0 Å². The largest absolute Gasteiger partial charge is 0.472 e. The second-order valence-corrected chi connectivity index (χ2v) is 14.0. The number of aliphatic hydroxyl groups excluding tert-OH is 1. The second-order valence-electron chi connectivity index (χ2n) is 12.6. The van der Waals surface area contributed by atoms with E-state index < -0.39 is 26.5 Å². The van der Waals surface area contributed by atoms with Crippen LogP contribution in [0.2, 0.25) is 0 Å². The van der Waals surface area contributed by atoms with Gasteiger partial charge in [-0.1, -0.05) is 135 Å². The summed E-state index contributed by atoms with van der Waals surface area (Å²) >= 11 is 0. The van der Waals surface area contributed by atoms with Gasteiger partial charge in [0, 0.05) is 19.4 Å². The van der Waals surface area contributed by atoms with E-state index in [9.17, 15) is 24.2 Å². The van der Waals surface area contributed by atoms with Crippen molar-refractivity contribution in [1.29, 1.82) is 0 Å². The maximum Gasteiger partial charge on any atom is 0.472 e. The molecule has 1 amide bonds. The molecule has 0 aromatic rings. The molecule has 0 radical (unpaired) electrons. The Bertz CT molecular complexity index is 779. The van der Waals surface area contributed by atoms with Gasteiger partial charge in [-0.25, -0.2) is 4.57 Å². The van der Waals surface area contributed by atoms with Gasteiger partial charge >= 0.3 is 13.8 Å². The number of esters is 1. The number of aliphatic hydroxyl groups is 1. The van der Waals surface area contributed by atoms with Crippen molar-refractivity contribution in [3.05, 3.63) is 12.2 Å². The van der Waals surface area contributed by atoms with E-state index in [1.165, 1.54) is 96.3 Å². The van der Waals surface area contributed by atoms with Crippen molar-refractivity contribution in [2.45, 2.75) is 180 Å². The molecule has 2 atom stereocenters. The number of hydrogen-bond donors (Lipinski definition) is 3. The van der Waals surface area contributed by atoms with Crippen molar-refractivity contribution in [3.8, 4) is 0 Å². The van der Waals surface area contributed by atoms with Gasteiger partial charge in [-0.15, -0.1) is 0 Å². The summed E-state index contributed by atoms with van der Waals surface area (Å²) in [5.74, 6) is -0.523. The van der Waals surface area contributed by atoms with Crippen LogP contribution in [0.4, 0.5) is 0 Å². The highest BCUT2D eigenvalue weighted by molar-refractivity contribution is 7.47. The third-order valence-corrected chi connectivity index (χ3v) is 8.93. The molecule has 0 bridgehead atoms. The Kier molecular flexibility index (Phi) is 32.7. The molecule has 0 fully saturated rings. The molecule has 3 N–H and O–H groups in total. The number of phosphoric acid groups is 1. The molecule has 0 heterocycles. The van der Waals surface area contributed by atoms with Crippen molar-refractivity contribution in [1.82, 2.24) is 5.32 Å². The Hall–Kier alpha value is -1.25. The summed E-state index contributed by atoms with van der Waals surface area (Å²) in [6.07, 6.45) is 31.4. The summed E-state index contributed by atoms with van der Waals surface area (Å²) in [4.78, 5) is 33.7. The van der Waals surface area contributed by atoms with E-state index in [1.54, 1.807) is 0 Å². The molecule has 0 saturated heterocycles. The van der Waals surface area contributed by atoms with Crippen LogP contribution in [0.15, 0.2) is 12.2 Å². The molecule has 9 nitrogen and oxygen atoms in total. The van der Waals surface area contributed by atoms with Crippen LogP contribution in [-0.4, -0.2) is 54.3 Å². The fourth-order valence-corrected chi connectivity index (χ4v) is 5.84. The Morgan fingerprint density at radius 1 is 0.652 bits per heavy atom. The minimum absolute atomic E-state index is 0.0801. The van der Waals surface area contributed by atoms with Crippen LogP contribution in [0.1, 0.15) is 174 Å². The molecular formula is C36H70NO8P. The number of carbonyl (C=O) groups excluding carboxylic acids is 2. The zero-order valence-corrected chi connectivity index (χ0v) is 30.4. The van der Waals surface area contributed by atoms with Crippen LogP contribution in [0, 0.1) is 0 Å². The lowest BCUT2D eigenvalue weighted by Crippen LogP contribution is -2.27. The lowest BCUT2D eigenvalue weighted by molar-refractivity contribution is -0.147. The maximum atomic E-state index is 12.0. The average molecular weight is 676 g/mol. The van der Waals surface area contributed by atoms with E-state index in [0.29, 0.717) is 6.42 Å². The Morgan fingerprint density at radius 2 is 1.11 bits per heavy atom. The number of unbranched alkanes of at least 4 members (excludes halogenated alkanes) is 20. The molecule has 272 valence electrons. The third-order valence-electron chi connectivity index (χ3n) is 7.95. The molecule has 0 aromatic carbocycles. The predicted molar refractivity (Wildman–Crippen MR) is 188 cm³/mol. The van der Waals surface area contributed by atoms with E-state index in [0.717, 1.165) is 51.4 Å². The van der Waals surface area contributed by atoms with Crippen LogP contribution < -0.4 is 5.32 Å². The molecule has 0 rings (SSSR count). The first kappa shape index (κ1) is 44.8. The Balaban J connectivity index is 3.62. The quantitative estimate of drug-likeness (QED) is 0.0262. The lowest BCUT2D eigenvalue weighted by Gasteiger charge is -2.15. The number of allylic oxidation sites excluding steroid dienone is 2. The van der Waals surface area contributed by atoms with Crippen LogP contribution in [0.5, 0.6) is 0 Å². The first-order valence-electron chi connectivity index (χ1n) is 18.7. The molecule has 0 aliphatic carbocycles. The highest BCUT2D eigenvalue weighted by Crippen LogP contribution is 2.42. The van der Waals surface area contributed by atoms with Crippen molar-refractivity contribution < 1.29 is 37.9 Å². The highest BCUT2D eigenvalue weighted by atomic mass is 31.2. The topological polar surface area (TPSA) is 131 Å². The molecule has 0 aliphatic rings. The number of phosphoric ester groups is 1. The van der Waals surface area contributed by atoms with Gasteiger partial charge in [0.25, 0.3) is 0 Å². The first-order valence-corrected chi connectivity index (χ1v) is 20.2. The Labute approximate surface area is 281 Å². The van der Waals surface area contributed by atoms with Crippen molar-refractivity contribution in [3.63, 3.8) is 0 Å². The van der Waals surface area contributed by atoms with E-state index in [2.05, 4.69) is 31.3 Å². The van der Waals surface area contributed by atoms with E-state index in [4.69, 9.17) is 13.8 Å². The minimum atomic E-state index is -4.40. The summed E-state index contributed by atoms with van der Waals surface area (Å²) in [6, 6.07) is 0. The van der Waals surface area contributed by atoms with Crippen LogP contribution in [-0.2, 0) is 27.9 Å². The summed E-state index contributed by atoms with van der Waals surface area (Å²) in [5.41, 5.74) is 0. The van der Waals surface area contributed by atoms with Crippen LogP contribution in [0.25, 0.3) is 0 Å². The molecule has 2 unspecified atom stereocenters. The predicted octanol–water partition coefficient (Wildman–Crippen LogP) is 9.49. The van der Waals surface area contributed by atoms with Gasteiger partial charge in [-0.05, 0) is 38.5 Å². The normalized spacial score (nSPS) is 13.6. The Morgan fingerprint density at radius 3 is 1.67 bits per heavy atom. The SMILES string of the molecule is CCCCC/C=C\CCCCCCCC(=O)NCCOP(=O)(O)OCC(O)COC(=O)CCCCCCCCCCCCCCC. The van der Waals surface area contributed by atoms with Gasteiger partial charge < -0.3 is 20.1 Å². The monoisotopic (exact) mass is 675 g/mol. The molecule has 10 heteroatoms. The zero-order chi connectivity index (χ0) is 34.0. The van der Waals surface area contributed by atoms with Gasteiger partial charge in [0.15, 0.2) is 0 Å². The van der Waals surface area contributed by atoms with Gasteiger partial charge in [-0.3, -0.25) is 18.6 Å². The molecule has 0 aliphatic heterocycles. The van der Waals surface area contributed by atoms with Crippen LogP contribution >= 0.6 is 7.82 Å². The van der Waals surface area contributed by atoms with Crippen molar-refractivity contribution >= 4 is 19.7 Å². The third kappa shape index (κ3) is 34.1. The van der Waals surface area contributed by atoms with Gasteiger partial charge in [0.05, 0.1) is 13.2 Å². The summed E-state index contributed by atoms with van der Waals surface area (Å²) in [7, 11) is -4.40. The summed E-state index contributed by atoms with van der Waals surface area (Å²) in [5, 5.41) is 12.6. The number of ether oxygens (including phenoxy) is 1. The molecule has 46 heavy (non-hydrogen) atoms. The number of rotatable bonds is 35. The minimum Gasteiger partial charge on any atom is -0.463 e. The number of amides is 1. The van der Waals surface area contributed by atoms with E-state index >= 15 is 0 Å². The highest BCUT2D eigenvalue weighted by Gasteiger charge is 2.23. The number of nitrogens with one attached hydrogen (secondary N) is 1. The molecule has 0 aromatic heterocycles. The fraction of sp³-hybridized carbons (Fsp3) is 0.889. The number of carbonyl (C=O) groups is 2. The molecular weight excluding hydrogens is 605 g/mol. The summed E-state index contributed by atoms with van der Waals surface area (Å²) < 4.78 is 26.7. The fourth-order valence-electron chi connectivity index (χ4n) is 5.08.